The van der Waals surface area contributed by atoms with Crippen molar-refractivity contribution in [2.24, 2.45) is 5.92 Å². The molecule has 3 aromatic rings. The molecule has 0 bridgehead atoms. The fourth-order valence-corrected chi connectivity index (χ4v) is 4.15. The van der Waals surface area contributed by atoms with Gasteiger partial charge >= 0.3 is 0 Å². The van der Waals surface area contributed by atoms with Crippen LogP contribution in [0.5, 0.6) is 11.5 Å². The molecule has 4 rings (SSSR count). The van der Waals surface area contributed by atoms with E-state index in [4.69, 9.17) is 4.74 Å². The Morgan fingerprint density at radius 1 is 1.14 bits per heavy atom. The maximum atomic E-state index is 13.3. The van der Waals surface area contributed by atoms with Crippen LogP contribution in [0.2, 0.25) is 0 Å². The van der Waals surface area contributed by atoms with E-state index in [1.807, 2.05) is 42.5 Å². The number of ketones is 1. The van der Waals surface area contributed by atoms with E-state index in [0.29, 0.717) is 5.75 Å². The normalized spacial score (nSPS) is 17.5. The van der Waals surface area contributed by atoms with Gasteiger partial charge in [-0.25, -0.2) is 0 Å². The minimum Gasteiger partial charge on any atom is -0.504 e. The number of carbonyl (C=O) groups is 1. The number of carbonyl (C=O) groups excluding carboxylic acids is 1. The molecule has 3 aromatic carbocycles. The first-order valence-electron chi connectivity index (χ1n) is 9.76. The fourth-order valence-electron chi connectivity index (χ4n) is 4.15. The third kappa shape index (κ3) is 3.73. The third-order valence-corrected chi connectivity index (χ3v) is 5.58. The van der Waals surface area contributed by atoms with Gasteiger partial charge < -0.3 is 9.84 Å². The number of fused-ring (bicyclic) bond motifs is 1. The van der Waals surface area contributed by atoms with Gasteiger partial charge in [0.1, 0.15) is 0 Å². The molecule has 4 heteroatoms. The van der Waals surface area contributed by atoms with Crippen LogP contribution in [0.1, 0.15) is 28.8 Å². The van der Waals surface area contributed by atoms with Crippen molar-refractivity contribution in [2.45, 2.75) is 19.4 Å². The zero-order valence-corrected chi connectivity index (χ0v) is 16.1. The van der Waals surface area contributed by atoms with Gasteiger partial charge in [-0.1, -0.05) is 48.5 Å². The minimum atomic E-state index is 0.0126. The second-order valence-corrected chi connectivity index (χ2v) is 7.47. The first-order valence-corrected chi connectivity index (χ1v) is 9.76. The zero-order valence-electron chi connectivity index (χ0n) is 16.1. The van der Waals surface area contributed by atoms with Crippen LogP contribution in [-0.2, 0) is 6.54 Å². The Kier molecular flexibility index (Phi) is 5.31. The molecule has 28 heavy (non-hydrogen) atoms. The summed E-state index contributed by atoms with van der Waals surface area (Å²) >= 11 is 0. The lowest BCUT2D eigenvalue weighted by atomic mass is 9.88. The molecule has 0 aliphatic carbocycles. The van der Waals surface area contributed by atoms with Gasteiger partial charge in [-0.3, -0.25) is 9.69 Å². The van der Waals surface area contributed by atoms with Gasteiger partial charge in [-0.2, -0.15) is 0 Å². The van der Waals surface area contributed by atoms with E-state index in [-0.39, 0.29) is 17.5 Å². The van der Waals surface area contributed by atoms with Crippen molar-refractivity contribution >= 4 is 16.6 Å². The molecule has 0 unspecified atom stereocenters. The highest BCUT2D eigenvalue weighted by Crippen LogP contribution is 2.29. The number of nitrogens with zero attached hydrogens (tertiary/aromatic N) is 1. The second-order valence-electron chi connectivity index (χ2n) is 7.47. The van der Waals surface area contributed by atoms with Crippen molar-refractivity contribution in [1.82, 2.24) is 4.90 Å². The molecule has 1 fully saturated rings. The first-order chi connectivity index (χ1) is 13.7. The SMILES string of the molecule is COc1cc(CN2CCC[C@H](C(=O)c3cccc4ccccc34)C2)ccc1O. The number of rotatable bonds is 5. The molecule has 1 saturated heterocycles. The maximum absolute atomic E-state index is 13.3. The Labute approximate surface area is 165 Å². The van der Waals surface area contributed by atoms with Crippen LogP contribution in [0.3, 0.4) is 0 Å². The van der Waals surface area contributed by atoms with E-state index in [2.05, 4.69) is 17.0 Å². The summed E-state index contributed by atoms with van der Waals surface area (Å²) in [4.78, 5) is 15.6. The lowest BCUT2D eigenvalue weighted by Gasteiger charge is -2.32. The number of phenolic OH excluding ortho intramolecular Hbond substituents is 1. The molecular formula is C24H25NO3. The molecule has 0 aromatic heterocycles. The quantitative estimate of drug-likeness (QED) is 0.660. The largest absolute Gasteiger partial charge is 0.504 e. The molecule has 0 spiro atoms. The predicted molar refractivity (Wildman–Crippen MR) is 111 cm³/mol. The van der Waals surface area contributed by atoms with E-state index in [1.54, 1.807) is 13.2 Å². The molecule has 1 aliphatic rings. The summed E-state index contributed by atoms with van der Waals surface area (Å²) in [5.41, 5.74) is 1.91. The van der Waals surface area contributed by atoms with Gasteiger partial charge in [0.2, 0.25) is 0 Å². The second kappa shape index (κ2) is 8.03. The molecule has 4 nitrogen and oxygen atoms in total. The lowest BCUT2D eigenvalue weighted by molar-refractivity contribution is 0.0813. The van der Waals surface area contributed by atoms with Crippen molar-refractivity contribution < 1.29 is 14.6 Å². The summed E-state index contributed by atoms with van der Waals surface area (Å²) in [7, 11) is 1.55. The van der Waals surface area contributed by atoms with Crippen LogP contribution in [-0.4, -0.2) is 36.0 Å². The predicted octanol–water partition coefficient (Wildman–Crippen LogP) is 4.65. The first kappa shape index (κ1) is 18.5. The summed E-state index contributed by atoms with van der Waals surface area (Å²) in [5, 5.41) is 11.9. The average Bonchev–Trinajstić information content (AvgIpc) is 2.74. The van der Waals surface area contributed by atoms with Gasteiger partial charge in [0, 0.05) is 24.6 Å². The van der Waals surface area contributed by atoms with Gasteiger partial charge in [0.05, 0.1) is 7.11 Å². The number of benzene rings is 3. The zero-order chi connectivity index (χ0) is 19.5. The Morgan fingerprint density at radius 3 is 2.82 bits per heavy atom. The van der Waals surface area contributed by atoms with Gasteiger partial charge in [-0.05, 0) is 47.9 Å². The van der Waals surface area contributed by atoms with Crippen molar-refractivity contribution in [2.75, 3.05) is 20.2 Å². The Morgan fingerprint density at radius 2 is 1.96 bits per heavy atom. The number of piperidine rings is 1. The minimum absolute atomic E-state index is 0.0126. The summed E-state index contributed by atoms with van der Waals surface area (Å²) in [6, 6.07) is 19.5. The molecule has 0 saturated carbocycles. The molecule has 0 radical (unpaired) electrons. The smallest absolute Gasteiger partial charge is 0.167 e. The highest BCUT2D eigenvalue weighted by molar-refractivity contribution is 6.09. The highest BCUT2D eigenvalue weighted by Gasteiger charge is 2.27. The summed E-state index contributed by atoms with van der Waals surface area (Å²) in [5.74, 6) is 0.884. The number of hydrogen-bond donors (Lipinski definition) is 1. The van der Waals surface area contributed by atoms with Crippen LogP contribution in [0.15, 0.2) is 60.7 Å². The van der Waals surface area contributed by atoms with Crippen LogP contribution in [0.4, 0.5) is 0 Å². The monoisotopic (exact) mass is 375 g/mol. The summed E-state index contributed by atoms with van der Waals surface area (Å²) in [6.07, 6.45) is 1.94. The topological polar surface area (TPSA) is 49.8 Å². The van der Waals surface area contributed by atoms with Crippen LogP contribution < -0.4 is 4.74 Å². The van der Waals surface area contributed by atoms with E-state index in [9.17, 15) is 9.90 Å². The highest BCUT2D eigenvalue weighted by atomic mass is 16.5. The van der Waals surface area contributed by atoms with Crippen molar-refractivity contribution in [3.8, 4) is 11.5 Å². The van der Waals surface area contributed by atoms with Crippen molar-refractivity contribution in [3.05, 3.63) is 71.8 Å². The number of phenols is 1. The number of likely N-dealkylation sites (tertiary alicyclic amines) is 1. The van der Waals surface area contributed by atoms with Gasteiger partial charge in [0.25, 0.3) is 0 Å². The molecule has 1 heterocycles. The fraction of sp³-hybridized carbons (Fsp3) is 0.292. The number of hydrogen-bond acceptors (Lipinski definition) is 4. The Bertz CT molecular complexity index is 993. The molecular weight excluding hydrogens is 350 g/mol. The Balaban J connectivity index is 1.51. The number of methoxy groups -OCH3 is 1. The van der Waals surface area contributed by atoms with Gasteiger partial charge in [-0.15, -0.1) is 0 Å². The van der Waals surface area contributed by atoms with Crippen LogP contribution in [0.25, 0.3) is 10.8 Å². The van der Waals surface area contributed by atoms with E-state index >= 15 is 0 Å². The molecule has 1 N–H and O–H groups in total. The van der Waals surface area contributed by atoms with Crippen molar-refractivity contribution in [1.29, 1.82) is 0 Å². The molecule has 144 valence electrons. The summed E-state index contributed by atoms with van der Waals surface area (Å²) in [6.45, 7) is 2.48. The number of aromatic hydroxyl groups is 1. The Hall–Kier alpha value is -2.85. The molecule has 0 amide bonds. The molecule has 1 atom stereocenters. The average molecular weight is 375 g/mol. The number of Topliss-reactive ketones (excluding diaryl/α,β-unsaturated/α-hetero) is 1. The van der Waals surface area contributed by atoms with E-state index < -0.39 is 0 Å². The lowest BCUT2D eigenvalue weighted by Crippen LogP contribution is -2.38. The standard InChI is InChI=1S/C24H25NO3/c1-28-23-14-17(11-12-22(23)26)15-25-13-5-8-19(16-25)24(27)21-10-4-7-18-6-2-3-9-20(18)21/h2-4,6-7,9-12,14,19,26H,5,8,13,15-16H2,1H3/t19-/m0/s1. The third-order valence-electron chi connectivity index (χ3n) is 5.58. The van der Waals surface area contributed by atoms with Crippen LogP contribution >= 0.6 is 0 Å². The molecule has 1 aliphatic heterocycles. The van der Waals surface area contributed by atoms with Gasteiger partial charge in [0.15, 0.2) is 17.3 Å². The summed E-state index contributed by atoms with van der Waals surface area (Å²) < 4.78 is 5.21. The number of ether oxygens (including phenoxy) is 1. The van der Waals surface area contributed by atoms with E-state index in [0.717, 1.165) is 54.4 Å². The van der Waals surface area contributed by atoms with Crippen LogP contribution in [0, 0.1) is 5.92 Å². The maximum Gasteiger partial charge on any atom is 0.167 e. The van der Waals surface area contributed by atoms with E-state index in [1.165, 1.54) is 0 Å². The van der Waals surface area contributed by atoms with Crippen molar-refractivity contribution in [3.63, 3.8) is 0 Å².